The fraction of sp³-hybridized carbons (Fsp3) is 0.385. The van der Waals surface area contributed by atoms with Gasteiger partial charge < -0.3 is 14.9 Å². The van der Waals surface area contributed by atoms with Crippen LogP contribution in [0.2, 0.25) is 0 Å². The van der Waals surface area contributed by atoms with Crippen LogP contribution in [0.15, 0.2) is 24.3 Å². The first-order valence-electron chi connectivity index (χ1n) is 5.45. The van der Waals surface area contributed by atoms with E-state index in [9.17, 15) is 14.7 Å². The molecule has 0 saturated carbocycles. The molecule has 0 aliphatic carbocycles. The topological polar surface area (TPSA) is 83.8 Å². The van der Waals surface area contributed by atoms with Crippen molar-refractivity contribution in [1.82, 2.24) is 0 Å². The Morgan fingerprint density at radius 3 is 2.06 bits per heavy atom. The van der Waals surface area contributed by atoms with E-state index in [2.05, 4.69) is 0 Å². The first-order valence-corrected chi connectivity index (χ1v) is 5.45. The van der Waals surface area contributed by atoms with Crippen LogP contribution in [0.1, 0.15) is 42.8 Å². The summed E-state index contributed by atoms with van der Waals surface area (Å²) in [5.74, 6) is -1.82. The van der Waals surface area contributed by atoms with Crippen LogP contribution in [0.4, 0.5) is 0 Å². The Morgan fingerprint density at radius 2 is 1.67 bits per heavy atom. The molecule has 1 atom stereocenters. The van der Waals surface area contributed by atoms with Crippen LogP contribution in [-0.4, -0.2) is 27.8 Å². The minimum Gasteiger partial charge on any atom is -0.479 e. The SMILES string of the molecule is CC(C)(C)OC(=O)c1ccc(C(O)C(=O)O)cc1. The first-order chi connectivity index (χ1) is 8.20. The van der Waals surface area contributed by atoms with Crippen molar-refractivity contribution in [3.63, 3.8) is 0 Å². The average Bonchev–Trinajstić information content (AvgIpc) is 2.26. The van der Waals surface area contributed by atoms with Gasteiger partial charge in [0.25, 0.3) is 0 Å². The van der Waals surface area contributed by atoms with Gasteiger partial charge in [-0.3, -0.25) is 0 Å². The lowest BCUT2D eigenvalue weighted by atomic mass is 10.1. The molecule has 1 aromatic rings. The Bertz CT molecular complexity index is 441. The van der Waals surface area contributed by atoms with Gasteiger partial charge in [-0.1, -0.05) is 12.1 Å². The third-order valence-electron chi connectivity index (χ3n) is 2.09. The Balaban J connectivity index is 2.83. The van der Waals surface area contributed by atoms with Crippen molar-refractivity contribution in [2.45, 2.75) is 32.5 Å². The highest BCUT2D eigenvalue weighted by atomic mass is 16.6. The molecule has 0 aliphatic heterocycles. The molecule has 0 aliphatic rings. The summed E-state index contributed by atoms with van der Waals surface area (Å²) in [5.41, 5.74) is -0.0582. The van der Waals surface area contributed by atoms with Crippen LogP contribution < -0.4 is 0 Å². The van der Waals surface area contributed by atoms with Gasteiger partial charge in [0.15, 0.2) is 6.10 Å². The van der Waals surface area contributed by atoms with Gasteiger partial charge in [0.05, 0.1) is 5.56 Å². The number of carboxylic acids is 1. The Morgan fingerprint density at radius 1 is 1.17 bits per heavy atom. The molecule has 5 heteroatoms. The Kier molecular flexibility index (Phi) is 4.08. The highest BCUT2D eigenvalue weighted by molar-refractivity contribution is 5.89. The maximum Gasteiger partial charge on any atom is 0.338 e. The lowest BCUT2D eigenvalue weighted by Crippen LogP contribution is -2.23. The predicted molar refractivity (Wildman–Crippen MR) is 64.2 cm³/mol. The quantitative estimate of drug-likeness (QED) is 0.801. The fourth-order valence-electron chi connectivity index (χ4n) is 1.28. The van der Waals surface area contributed by atoms with Crippen LogP contribution in [0.3, 0.4) is 0 Å². The second-order valence-electron chi connectivity index (χ2n) is 4.86. The summed E-state index contributed by atoms with van der Waals surface area (Å²) < 4.78 is 5.15. The molecule has 1 aromatic carbocycles. The van der Waals surface area contributed by atoms with E-state index in [1.165, 1.54) is 24.3 Å². The molecule has 0 aromatic heterocycles. The molecular weight excluding hydrogens is 236 g/mol. The number of esters is 1. The monoisotopic (exact) mass is 252 g/mol. The number of aliphatic hydroxyl groups excluding tert-OH is 1. The summed E-state index contributed by atoms with van der Waals surface area (Å²) in [5, 5.41) is 17.9. The third-order valence-corrected chi connectivity index (χ3v) is 2.09. The van der Waals surface area contributed by atoms with E-state index in [1.54, 1.807) is 20.8 Å². The smallest absolute Gasteiger partial charge is 0.338 e. The maximum atomic E-state index is 11.7. The number of hydrogen-bond acceptors (Lipinski definition) is 4. The molecule has 0 heterocycles. The fourth-order valence-corrected chi connectivity index (χ4v) is 1.28. The summed E-state index contributed by atoms with van der Waals surface area (Å²) >= 11 is 0. The first kappa shape index (κ1) is 14.2. The van der Waals surface area contributed by atoms with Gasteiger partial charge >= 0.3 is 11.9 Å². The van der Waals surface area contributed by atoms with Gasteiger partial charge in [0.2, 0.25) is 0 Å². The van der Waals surface area contributed by atoms with Crippen LogP contribution >= 0.6 is 0 Å². The number of carbonyl (C=O) groups is 2. The zero-order valence-electron chi connectivity index (χ0n) is 10.5. The molecule has 1 rings (SSSR count). The molecule has 0 fully saturated rings. The summed E-state index contributed by atoms with van der Waals surface area (Å²) in [4.78, 5) is 22.2. The number of aliphatic carboxylic acids is 1. The number of carboxylic acid groups (broad SMARTS) is 1. The molecule has 98 valence electrons. The predicted octanol–water partition coefficient (Wildman–Crippen LogP) is 1.76. The van der Waals surface area contributed by atoms with Crippen molar-refractivity contribution < 1.29 is 24.5 Å². The molecule has 0 saturated heterocycles. The van der Waals surface area contributed by atoms with Crippen molar-refractivity contribution in [1.29, 1.82) is 0 Å². The zero-order valence-corrected chi connectivity index (χ0v) is 10.5. The number of aliphatic hydroxyl groups is 1. The highest BCUT2D eigenvalue weighted by Crippen LogP contribution is 2.16. The van der Waals surface area contributed by atoms with Crippen molar-refractivity contribution in [3.05, 3.63) is 35.4 Å². The van der Waals surface area contributed by atoms with Gasteiger partial charge in [0.1, 0.15) is 5.60 Å². The van der Waals surface area contributed by atoms with E-state index in [0.717, 1.165) is 0 Å². The molecule has 0 spiro atoms. The molecule has 18 heavy (non-hydrogen) atoms. The van der Waals surface area contributed by atoms with Gasteiger partial charge in [-0.05, 0) is 38.5 Å². The standard InChI is InChI=1S/C13H16O5/c1-13(2,3)18-12(17)9-6-4-8(5-7-9)10(14)11(15)16/h4-7,10,14H,1-3H3,(H,15,16). The van der Waals surface area contributed by atoms with Gasteiger partial charge in [-0.15, -0.1) is 0 Å². The molecule has 0 bridgehead atoms. The van der Waals surface area contributed by atoms with Crippen LogP contribution in [0.5, 0.6) is 0 Å². The second-order valence-corrected chi connectivity index (χ2v) is 4.86. The van der Waals surface area contributed by atoms with Crippen molar-refractivity contribution >= 4 is 11.9 Å². The molecule has 0 radical (unpaired) electrons. The molecule has 5 nitrogen and oxygen atoms in total. The van der Waals surface area contributed by atoms with Gasteiger partial charge in [-0.2, -0.15) is 0 Å². The lowest BCUT2D eigenvalue weighted by Gasteiger charge is -2.19. The number of carbonyl (C=O) groups excluding carboxylic acids is 1. The van der Waals surface area contributed by atoms with Gasteiger partial charge in [0, 0.05) is 0 Å². The largest absolute Gasteiger partial charge is 0.479 e. The normalized spacial score (nSPS) is 12.9. The van der Waals surface area contributed by atoms with Crippen LogP contribution in [0.25, 0.3) is 0 Å². The minimum atomic E-state index is -1.59. The highest BCUT2D eigenvalue weighted by Gasteiger charge is 2.19. The Hall–Kier alpha value is -1.88. The Labute approximate surface area is 105 Å². The van der Waals surface area contributed by atoms with Crippen molar-refractivity contribution in [2.24, 2.45) is 0 Å². The molecule has 1 unspecified atom stereocenters. The van der Waals surface area contributed by atoms with E-state index in [0.29, 0.717) is 5.56 Å². The number of ether oxygens (including phenoxy) is 1. The summed E-state index contributed by atoms with van der Waals surface area (Å²) in [6, 6.07) is 5.63. The lowest BCUT2D eigenvalue weighted by molar-refractivity contribution is -0.146. The van der Waals surface area contributed by atoms with E-state index in [-0.39, 0.29) is 5.56 Å². The maximum absolute atomic E-state index is 11.7. The molecule has 0 amide bonds. The number of hydrogen-bond donors (Lipinski definition) is 2. The zero-order chi connectivity index (χ0) is 13.9. The number of rotatable bonds is 3. The summed E-state index contributed by atoms with van der Waals surface area (Å²) in [6.45, 7) is 5.27. The third kappa shape index (κ3) is 3.85. The van der Waals surface area contributed by atoms with E-state index < -0.39 is 23.6 Å². The molecular formula is C13H16O5. The van der Waals surface area contributed by atoms with Crippen LogP contribution in [0, 0.1) is 0 Å². The van der Waals surface area contributed by atoms with Crippen molar-refractivity contribution in [3.8, 4) is 0 Å². The second kappa shape index (κ2) is 5.18. The van der Waals surface area contributed by atoms with E-state index in [4.69, 9.17) is 9.84 Å². The molecule has 2 N–H and O–H groups in total. The van der Waals surface area contributed by atoms with Crippen LogP contribution in [-0.2, 0) is 9.53 Å². The summed E-state index contributed by atoms with van der Waals surface area (Å²) in [6.07, 6.45) is -1.59. The number of benzene rings is 1. The van der Waals surface area contributed by atoms with Gasteiger partial charge in [-0.25, -0.2) is 9.59 Å². The van der Waals surface area contributed by atoms with E-state index in [1.807, 2.05) is 0 Å². The summed E-state index contributed by atoms with van der Waals surface area (Å²) in [7, 11) is 0. The van der Waals surface area contributed by atoms with E-state index >= 15 is 0 Å². The van der Waals surface area contributed by atoms with Crippen molar-refractivity contribution in [2.75, 3.05) is 0 Å². The minimum absolute atomic E-state index is 0.217. The average molecular weight is 252 g/mol.